The van der Waals surface area contributed by atoms with E-state index in [-0.39, 0.29) is 4.90 Å². The summed E-state index contributed by atoms with van der Waals surface area (Å²) in [5.74, 6) is 0.805. The van der Waals surface area contributed by atoms with Gasteiger partial charge in [0.1, 0.15) is 4.90 Å². The molecule has 1 aliphatic heterocycles. The van der Waals surface area contributed by atoms with Crippen LogP contribution in [0.5, 0.6) is 0 Å². The third-order valence-electron chi connectivity index (χ3n) is 3.74. The van der Waals surface area contributed by atoms with E-state index >= 15 is 0 Å². The molecular weight excluding hydrogens is 316 g/mol. The van der Waals surface area contributed by atoms with E-state index < -0.39 is 10.0 Å². The molecule has 1 aliphatic rings. The van der Waals surface area contributed by atoms with Gasteiger partial charge in [0.2, 0.25) is 10.0 Å². The van der Waals surface area contributed by atoms with Crippen molar-refractivity contribution < 1.29 is 8.42 Å². The fourth-order valence-corrected chi connectivity index (χ4v) is 5.34. The Bertz CT molecular complexity index is 705. The Morgan fingerprint density at radius 3 is 2.64 bits per heavy atom. The van der Waals surface area contributed by atoms with E-state index in [4.69, 9.17) is 0 Å². The van der Waals surface area contributed by atoms with Crippen LogP contribution < -0.4 is 0 Å². The van der Waals surface area contributed by atoms with E-state index in [0.29, 0.717) is 18.3 Å². The van der Waals surface area contributed by atoms with Gasteiger partial charge in [-0.2, -0.15) is 16.1 Å². The Morgan fingerprint density at radius 2 is 1.91 bits per heavy atom. The highest BCUT2D eigenvalue weighted by Gasteiger charge is 2.28. The zero-order chi connectivity index (χ0) is 15.4. The van der Waals surface area contributed by atoms with Crippen LogP contribution in [0.4, 0.5) is 0 Å². The van der Waals surface area contributed by atoms with E-state index in [2.05, 4.69) is 17.1 Å². The minimum atomic E-state index is -3.43. The van der Waals surface area contributed by atoms with Crippen LogP contribution in [0.25, 0.3) is 0 Å². The smallest absolute Gasteiger partial charge is 0.244 e. The van der Waals surface area contributed by atoms with E-state index in [1.807, 2.05) is 30.0 Å². The highest BCUT2D eigenvalue weighted by molar-refractivity contribution is 7.99. The lowest BCUT2D eigenvalue weighted by atomic mass is 10.1. The first-order chi connectivity index (χ1) is 10.7. The summed E-state index contributed by atoms with van der Waals surface area (Å²) >= 11 is 1.83. The van der Waals surface area contributed by atoms with Crippen molar-refractivity contribution in [1.82, 2.24) is 9.29 Å². The van der Waals surface area contributed by atoms with Crippen molar-refractivity contribution in [3.8, 4) is 0 Å². The third-order valence-corrected chi connectivity index (χ3v) is 6.95. The molecule has 116 valence electrons. The number of thioether (sulfide) groups is 1. The summed E-state index contributed by atoms with van der Waals surface area (Å²) in [6.45, 7) is 1.09. The van der Waals surface area contributed by atoms with Gasteiger partial charge >= 0.3 is 0 Å². The van der Waals surface area contributed by atoms with Crippen molar-refractivity contribution in [3.63, 3.8) is 0 Å². The number of nitrogens with zero attached hydrogens (tertiary/aromatic N) is 2. The van der Waals surface area contributed by atoms with Crippen LogP contribution in [0, 0.1) is 0 Å². The first kappa shape index (κ1) is 15.5. The molecule has 3 rings (SSSR count). The highest BCUT2D eigenvalue weighted by atomic mass is 32.2. The number of aromatic nitrogens is 1. The van der Waals surface area contributed by atoms with Crippen LogP contribution in [0.15, 0.2) is 59.8 Å². The molecule has 6 heteroatoms. The van der Waals surface area contributed by atoms with Gasteiger partial charge in [-0.25, -0.2) is 8.42 Å². The lowest BCUT2D eigenvalue weighted by molar-refractivity contribution is 0.428. The average molecular weight is 334 g/mol. The van der Waals surface area contributed by atoms with Crippen molar-refractivity contribution >= 4 is 21.8 Å². The summed E-state index contributed by atoms with van der Waals surface area (Å²) in [6.07, 6.45) is 3.83. The molecule has 0 radical (unpaired) electrons. The summed E-state index contributed by atoms with van der Waals surface area (Å²) in [5.41, 5.74) is 1.27. The largest absolute Gasteiger partial charge is 0.263 e. The maximum absolute atomic E-state index is 12.7. The fourth-order valence-electron chi connectivity index (χ4n) is 2.57. The van der Waals surface area contributed by atoms with Crippen molar-refractivity contribution in [2.75, 3.05) is 18.8 Å². The molecule has 0 amide bonds. The molecule has 0 spiro atoms. The van der Waals surface area contributed by atoms with Gasteiger partial charge in [0.25, 0.3) is 0 Å². The average Bonchev–Trinajstić information content (AvgIpc) is 2.83. The molecule has 1 saturated heterocycles. The van der Waals surface area contributed by atoms with Gasteiger partial charge in [-0.3, -0.25) is 4.98 Å². The molecule has 0 saturated carbocycles. The standard InChI is InChI=1S/C16H18N2O2S2/c19-22(20,15-7-4-9-17-13-15)18-10-8-16(21-12-11-18)14-5-2-1-3-6-14/h1-7,9,13,16H,8,10-12H2/t16-/m1/s1. The molecular formula is C16H18N2O2S2. The molecule has 0 aliphatic carbocycles. The van der Waals surface area contributed by atoms with Crippen LogP contribution in [-0.4, -0.2) is 36.5 Å². The zero-order valence-electron chi connectivity index (χ0n) is 12.1. The number of pyridine rings is 1. The first-order valence-electron chi connectivity index (χ1n) is 7.24. The Hall–Kier alpha value is -1.37. The number of rotatable bonds is 3. The van der Waals surface area contributed by atoms with Crippen molar-refractivity contribution in [1.29, 1.82) is 0 Å². The van der Waals surface area contributed by atoms with Gasteiger partial charge in [-0.15, -0.1) is 0 Å². The monoisotopic (exact) mass is 334 g/mol. The van der Waals surface area contributed by atoms with Crippen LogP contribution in [0.3, 0.4) is 0 Å². The summed E-state index contributed by atoms with van der Waals surface area (Å²) in [4.78, 5) is 4.20. The minimum absolute atomic E-state index is 0.276. The van der Waals surface area contributed by atoms with Gasteiger partial charge in [-0.05, 0) is 24.1 Å². The molecule has 1 aromatic carbocycles. The third kappa shape index (κ3) is 3.34. The predicted molar refractivity (Wildman–Crippen MR) is 89.3 cm³/mol. The molecule has 22 heavy (non-hydrogen) atoms. The minimum Gasteiger partial charge on any atom is -0.263 e. The van der Waals surface area contributed by atoms with Gasteiger partial charge in [-0.1, -0.05) is 30.3 Å². The predicted octanol–water partition coefficient (Wildman–Crippen LogP) is 2.95. The molecule has 2 heterocycles. The summed E-state index contributed by atoms with van der Waals surface area (Å²) in [6, 6.07) is 13.6. The molecule has 2 aromatic rings. The van der Waals surface area contributed by atoms with Crippen LogP contribution in [-0.2, 0) is 10.0 Å². The number of sulfonamides is 1. The molecule has 1 fully saturated rings. The summed E-state index contributed by atoms with van der Waals surface area (Å²) in [5, 5.41) is 0.357. The molecule has 4 nitrogen and oxygen atoms in total. The van der Waals surface area contributed by atoms with Gasteiger partial charge in [0.05, 0.1) is 0 Å². The molecule has 0 bridgehead atoms. The fraction of sp³-hybridized carbons (Fsp3) is 0.312. The molecule has 1 atom stereocenters. The Labute approximate surface area is 135 Å². The molecule has 1 aromatic heterocycles. The number of hydrogen-bond acceptors (Lipinski definition) is 4. The van der Waals surface area contributed by atoms with Crippen molar-refractivity contribution in [2.45, 2.75) is 16.6 Å². The maximum atomic E-state index is 12.7. The van der Waals surface area contributed by atoms with Crippen LogP contribution in [0.2, 0.25) is 0 Å². The molecule has 0 N–H and O–H groups in total. The summed E-state index contributed by atoms with van der Waals surface area (Å²) in [7, 11) is -3.43. The van der Waals surface area contributed by atoms with E-state index in [1.54, 1.807) is 22.6 Å². The Kier molecular flexibility index (Phi) is 4.81. The van der Waals surface area contributed by atoms with Crippen LogP contribution in [0.1, 0.15) is 17.2 Å². The SMILES string of the molecule is O=S(=O)(c1cccnc1)N1CCS[C@@H](c2ccccc2)CC1. The van der Waals surface area contributed by atoms with Crippen molar-refractivity contribution in [2.24, 2.45) is 0 Å². The molecule has 0 unspecified atom stereocenters. The summed E-state index contributed by atoms with van der Waals surface area (Å²) < 4.78 is 26.9. The number of hydrogen-bond donors (Lipinski definition) is 0. The van der Waals surface area contributed by atoms with Gasteiger partial charge in [0.15, 0.2) is 0 Å². The Balaban J connectivity index is 1.76. The van der Waals surface area contributed by atoms with E-state index in [0.717, 1.165) is 12.2 Å². The van der Waals surface area contributed by atoms with Crippen molar-refractivity contribution in [3.05, 3.63) is 60.4 Å². The number of benzene rings is 1. The van der Waals surface area contributed by atoms with E-state index in [9.17, 15) is 8.42 Å². The zero-order valence-corrected chi connectivity index (χ0v) is 13.8. The normalized spacial score (nSPS) is 20.5. The van der Waals surface area contributed by atoms with Crippen LogP contribution >= 0.6 is 11.8 Å². The second kappa shape index (κ2) is 6.81. The second-order valence-corrected chi connectivity index (χ2v) is 8.40. The van der Waals surface area contributed by atoms with Gasteiger partial charge in [0, 0.05) is 36.5 Å². The first-order valence-corrected chi connectivity index (χ1v) is 9.73. The quantitative estimate of drug-likeness (QED) is 0.866. The Morgan fingerprint density at radius 1 is 1.09 bits per heavy atom. The topological polar surface area (TPSA) is 50.3 Å². The maximum Gasteiger partial charge on any atom is 0.244 e. The second-order valence-electron chi connectivity index (χ2n) is 5.15. The van der Waals surface area contributed by atoms with E-state index in [1.165, 1.54) is 11.8 Å². The highest BCUT2D eigenvalue weighted by Crippen LogP contribution is 2.35. The lowest BCUT2D eigenvalue weighted by Gasteiger charge is -2.19. The lowest BCUT2D eigenvalue weighted by Crippen LogP contribution is -2.33. The van der Waals surface area contributed by atoms with Gasteiger partial charge < -0.3 is 0 Å².